The molecule has 6 heteroatoms. The normalized spacial score (nSPS) is 20.8. The molecule has 1 aliphatic heterocycles. The number of nitrogens with zero attached hydrogens (tertiary/aromatic N) is 3. The van der Waals surface area contributed by atoms with Gasteiger partial charge in [-0.15, -0.1) is 0 Å². The van der Waals surface area contributed by atoms with Gasteiger partial charge in [0.2, 0.25) is 5.91 Å². The van der Waals surface area contributed by atoms with Crippen molar-refractivity contribution in [2.45, 2.75) is 25.2 Å². The highest BCUT2D eigenvalue weighted by atomic mass is 16.2. The van der Waals surface area contributed by atoms with Crippen LogP contribution in [0.3, 0.4) is 0 Å². The number of amides is 3. The lowest BCUT2D eigenvalue weighted by Crippen LogP contribution is -2.36. The SMILES string of the molecule is CN(C)C(=O)C1CCN(C(=O)Nc2cccc(C3CC3)n2)C1. The highest BCUT2D eigenvalue weighted by Crippen LogP contribution is 2.39. The number of anilines is 1. The van der Waals surface area contributed by atoms with Gasteiger partial charge >= 0.3 is 6.03 Å². The quantitative estimate of drug-likeness (QED) is 0.927. The number of nitrogens with one attached hydrogen (secondary N) is 1. The van der Waals surface area contributed by atoms with Crippen molar-refractivity contribution < 1.29 is 9.59 Å². The summed E-state index contributed by atoms with van der Waals surface area (Å²) in [5.41, 5.74) is 1.06. The van der Waals surface area contributed by atoms with E-state index in [1.54, 1.807) is 23.9 Å². The van der Waals surface area contributed by atoms with Crippen molar-refractivity contribution >= 4 is 17.8 Å². The molecule has 1 aliphatic carbocycles. The van der Waals surface area contributed by atoms with Crippen molar-refractivity contribution in [3.8, 4) is 0 Å². The van der Waals surface area contributed by atoms with Crippen LogP contribution in [0.4, 0.5) is 10.6 Å². The Hall–Kier alpha value is -2.11. The van der Waals surface area contributed by atoms with Crippen molar-refractivity contribution in [1.82, 2.24) is 14.8 Å². The molecule has 22 heavy (non-hydrogen) atoms. The molecule has 118 valence electrons. The first-order valence-electron chi connectivity index (χ1n) is 7.78. The number of pyridine rings is 1. The Labute approximate surface area is 130 Å². The predicted octanol–water partition coefficient (Wildman–Crippen LogP) is 1.90. The highest BCUT2D eigenvalue weighted by Gasteiger charge is 2.32. The van der Waals surface area contributed by atoms with E-state index in [0.29, 0.717) is 24.8 Å². The minimum Gasteiger partial charge on any atom is -0.349 e. The van der Waals surface area contributed by atoms with E-state index in [2.05, 4.69) is 10.3 Å². The number of aromatic nitrogens is 1. The first-order valence-corrected chi connectivity index (χ1v) is 7.78. The molecule has 0 bridgehead atoms. The summed E-state index contributed by atoms with van der Waals surface area (Å²) >= 11 is 0. The van der Waals surface area contributed by atoms with Gasteiger partial charge in [-0.1, -0.05) is 6.07 Å². The molecule has 0 radical (unpaired) electrons. The van der Waals surface area contributed by atoms with Gasteiger partial charge in [-0.3, -0.25) is 10.1 Å². The summed E-state index contributed by atoms with van der Waals surface area (Å²) in [6, 6.07) is 5.57. The van der Waals surface area contributed by atoms with Crippen LogP contribution in [0, 0.1) is 5.92 Å². The van der Waals surface area contributed by atoms with Gasteiger partial charge in [-0.25, -0.2) is 9.78 Å². The number of urea groups is 1. The van der Waals surface area contributed by atoms with Gasteiger partial charge in [0.05, 0.1) is 5.92 Å². The maximum atomic E-state index is 12.3. The number of carbonyl (C=O) groups is 2. The summed E-state index contributed by atoms with van der Waals surface area (Å²) in [6.45, 7) is 1.09. The predicted molar refractivity (Wildman–Crippen MR) is 83.6 cm³/mol. The summed E-state index contributed by atoms with van der Waals surface area (Å²) in [5.74, 6) is 1.15. The summed E-state index contributed by atoms with van der Waals surface area (Å²) in [4.78, 5) is 32.0. The van der Waals surface area contributed by atoms with Crippen molar-refractivity contribution in [1.29, 1.82) is 0 Å². The van der Waals surface area contributed by atoms with Crippen LogP contribution in [0.15, 0.2) is 18.2 Å². The molecule has 0 spiro atoms. The molecule has 1 unspecified atom stereocenters. The van der Waals surface area contributed by atoms with E-state index < -0.39 is 0 Å². The lowest BCUT2D eigenvalue weighted by atomic mass is 10.1. The van der Waals surface area contributed by atoms with Crippen LogP contribution < -0.4 is 5.32 Å². The Morgan fingerprint density at radius 2 is 2.05 bits per heavy atom. The second-order valence-corrected chi connectivity index (χ2v) is 6.32. The number of carbonyl (C=O) groups excluding carboxylic acids is 2. The van der Waals surface area contributed by atoms with E-state index in [9.17, 15) is 9.59 Å². The van der Waals surface area contributed by atoms with Gasteiger partial charge in [-0.05, 0) is 31.4 Å². The minimum atomic E-state index is -0.172. The van der Waals surface area contributed by atoms with Gasteiger partial charge in [0.15, 0.2) is 0 Å². The molecule has 3 rings (SSSR count). The van der Waals surface area contributed by atoms with Crippen LogP contribution in [0.1, 0.15) is 30.9 Å². The molecular formula is C16H22N4O2. The standard InChI is InChI=1S/C16H22N4O2/c1-19(2)15(21)12-8-9-20(10-12)16(22)18-14-5-3-4-13(17-14)11-6-7-11/h3-5,11-12H,6-10H2,1-2H3,(H,17,18,22). The molecule has 2 fully saturated rings. The minimum absolute atomic E-state index is 0.0872. The lowest BCUT2D eigenvalue weighted by molar-refractivity contribution is -0.132. The lowest BCUT2D eigenvalue weighted by Gasteiger charge is -2.18. The highest BCUT2D eigenvalue weighted by molar-refractivity contribution is 5.89. The average molecular weight is 302 g/mol. The smallest absolute Gasteiger partial charge is 0.323 e. The van der Waals surface area contributed by atoms with E-state index >= 15 is 0 Å². The second-order valence-electron chi connectivity index (χ2n) is 6.32. The fourth-order valence-electron chi connectivity index (χ4n) is 2.83. The van der Waals surface area contributed by atoms with Crippen molar-refractivity contribution in [2.24, 2.45) is 5.92 Å². The van der Waals surface area contributed by atoms with E-state index in [4.69, 9.17) is 0 Å². The number of hydrogen-bond acceptors (Lipinski definition) is 3. The first-order chi connectivity index (χ1) is 10.5. The zero-order valence-electron chi connectivity index (χ0n) is 13.1. The van der Waals surface area contributed by atoms with Gasteiger partial charge in [0.1, 0.15) is 5.82 Å². The topological polar surface area (TPSA) is 65.5 Å². The zero-order chi connectivity index (χ0) is 15.7. The van der Waals surface area contributed by atoms with Crippen LogP contribution in [0.25, 0.3) is 0 Å². The molecule has 1 N–H and O–H groups in total. The molecule has 6 nitrogen and oxygen atoms in total. The summed E-state index contributed by atoms with van der Waals surface area (Å²) in [5, 5.41) is 2.85. The van der Waals surface area contributed by atoms with Gasteiger partial charge in [0.25, 0.3) is 0 Å². The Bertz CT molecular complexity index is 583. The molecule has 1 aromatic rings. The third-order valence-corrected chi connectivity index (χ3v) is 4.27. The summed E-state index contributed by atoms with van der Waals surface area (Å²) in [7, 11) is 3.50. The largest absolute Gasteiger partial charge is 0.349 e. The Kier molecular flexibility index (Phi) is 4.00. The van der Waals surface area contributed by atoms with Crippen LogP contribution in [0.5, 0.6) is 0 Å². The Balaban J connectivity index is 1.58. The molecule has 1 atom stereocenters. The molecule has 1 saturated carbocycles. The molecular weight excluding hydrogens is 280 g/mol. The van der Waals surface area contributed by atoms with Gasteiger partial charge in [-0.2, -0.15) is 0 Å². The van der Waals surface area contributed by atoms with Crippen molar-refractivity contribution in [3.63, 3.8) is 0 Å². The average Bonchev–Trinajstić information content (AvgIpc) is 3.23. The van der Waals surface area contributed by atoms with Crippen molar-refractivity contribution in [3.05, 3.63) is 23.9 Å². The number of rotatable bonds is 3. The van der Waals surface area contributed by atoms with Crippen LogP contribution >= 0.6 is 0 Å². The van der Waals surface area contributed by atoms with Crippen LogP contribution in [-0.4, -0.2) is 53.9 Å². The Morgan fingerprint density at radius 1 is 1.27 bits per heavy atom. The molecule has 2 heterocycles. The van der Waals surface area contributed by atoms with E-state index in [1.165, 1.54) is 12.8 Å². The van der Waals surface area contributed by atoms with Crippen LogP contribution in [-0.2, 0) is 4.79 Å². The first kappa shape index (κ1) is 14.8. The second kappa shape index (κ2) is 5.94. The number of likely N-dealkylation sites (tertiary alicyclic amines) is 1. The Morgan fingerprint density at radius 3 is 2.73 bits per heavy atom. The van der Waals surface area contributed by atoms with Gasteiger partial charge in [0, 0.05) is 38.8 Å². The fraction of sp³-hybridized carbons (Fsp3) is 0.562. The fourth-order valence-corrected chi connectivity index (χ4v) is 2.83. The maximum absolute atomic E-state index is 12.3. The van der Waals surface area contributed by atoms with E-state index in [-0.39, 0.29) is 17.9 Å². The monoisotopic (exact) mass is 302 g/mol. The van der Waals surface area contributed by atoms with E-state index in [0.717, 1.165) is 12.1 Å². The molecule has 2 aliphatic rings. The van der Waals surface area contributed by atoms with Crippen LogP contribution in [0.2, 0.25) is 0 Å². The number of hydrogen-bond donors (Lipinski definition) is 1. The van der Waals surface area contributed by atoms with E-state index in [1.807, 2.05) is 18.2 Å². The maximum Gasteiger partial charge on any atom is 0.323 e. The molecule has 1 aromatic heterocycles. The summed E-state index contributed by atoms with van der Waals surface area (Å²) in [6.07, 6.45) is 3.09. The third kappa shape index (κ3) is 3.21. The molecule has 3 amide bonds. The summed E-state index contributed by atoms with van der Waals surface area (Å²) < 4.78 is 0. The van der Waals surface area contributed by atoms with Gasteiger partial charge < -0.3 is 9.80 Å². The van der Waals surface area contributed by atoms with Crippen molar-refractivity contribution in [2.75, 3.05) is 32.5 Å². The third-order valence-electron chi connectivity index (χ3n) is 4.27. The molecule has 0 aromatic carbocycles. The molecule has 1 saturated heterocycles. The zero-order valence-corrected chi connectivity index (χ0v) is 13.1.